The van der Waals surface area contributed by atoms with Gasteiger partial charge in [-0.25, -0.2) is 4.39 Å². The molecule has 29 heavy (non-hydrogen) atoms. The first kappa shape index (κ1) is 19.9. The molecule has 2 aliphatic rings. The molecule has 154 valence electrons. The van der Waals surface area contributed by atoms with Crippen LogP contribution in [0.3, 0.4) is 0 Å². The fraction of sp³-hybridized carbons (Fsp3) is 0.435. The maximum atomic E-state index is 13.3. The molecule has 0 unspecified atom stereocenters. The molecular weight excluding hydrogens is 369 g/mol. The maximum absolute atomic E-state index is 13.3. The molecule has 0 atom stereocenters. The van der Waals surface area contributed by atoms with Crippen molar-refractivity contribution in [2.45, 2.75) is 26.4 Å². The van der Waals surface area contributed by atoms with E-state index in [4.69, 9.17) is 4.42 Å². The Morgan fingerprint density at radius 1 is 1.14 bits per heavy atom. The summed E-state index contributed by atoms with van der Waals surface area (Å²) in [6, 6.07) is 6.63. The van der Waals surface area contributed by atoms with Crippen LogP contribution in [0.1, 0.15) is 33.0 Å². The van der Waals surface area contributed by atoms with Gasteiger partial charge in [-0.15, -0.1) is 6.58 Å². The van der Waals surface area contributed by atoms with Gasteiger partial charge in [0.1, 0.15) is 17.3 Å². The van der Waals surface area contributed by atoms with Gasteiger partial charge in [0, 0.05) is 64.3 Å². The molecule has 1 aromatic carbocycles. The van der Waals surface area contributed by atoms with Gasteiger partial charge in [-0.2, -0.15) is 0 Å². The number of hydrogen-bond acceptors (Lipinski definition) is 4. The Kier molecular flexibility index (Phi) is 5.83. The number of carbonyl (C=O) groups is 1. The Bertz CT molecular complexity index is 882. The van der Waals surface area contributed by atoms with E-state index in [1.807, 2.05) is 30.0 Å². The molecule has 3 heterocycles. The molecule has 0 radical (unpaired) electrons. The number of furan rings is 1. The fourth-order valence-corrected chi connectivity index (χ4v) is 4.32. The summed E-state index contributed by atoms with van der Waals surface area (Å²) in [7, 11) is 0. The fourth-order valence-electron chi connectivity index (χ4n) is 4.32. The Balaban J connectivity index is 1.47. The van der Waals surface area contributed by atoms with E-state index < -0.39 is 0 Å². The van der Waals surface area contributed by atoms with Crippen LogP contribution in [0.5, 0.6) is 0 Å². The summed E-state index contributed by atoms with van der Waals surface area (Å²) in [5.41, 5.74) is 2.83. The quantitative estimate of drug-likeness (QED) is 0.727. The van der Waals surface area contributed by atoms with Crippen LogP contribution in [0.2, 0.25) is 0 Å². The number of piperazine rings is 1. The minimum atomic E-state index is -0.221. The first-order chi connectivity index (χ1) is 14.0. The predicted molar refractivity (Wildman–Crippen MR) is 110 cm³/mol. The highest BCUT2D eigenvalue weighted by molar-refractivity contribution is 5.97. The molecule has 0 spiro atoms. The monoisotopic (exact) mass is 397 g/mol. The average Bonchev–Trinajstić information content (AvgIpc) is 3.05. The van der Waals surface area contributed by atoms with Crippen LogP contribution in [0.25, 0.3) is 0 Å². The van der Waals surface area contributed by atoms with Gasteiger partial charge in [-0.3, -0.25) is 14.6 Å². The van der Waals surface area contributed by atoms with E-state index in [2.05, 4.69) is 16.4 Å². The lowest BCUT2D eigenvalue weighted by atomic mass is 10.0. The zero-order valence-electron chi connectivity index (χ0n) is 17.0. The molecule has 5 nitrogen and oxygen atoms in total. The summed E-state index contributed by atoms with van der Waals surface area (Å²) in [6.07, 6.45) is 2.70. The van der Waals surface area contributed by atoms with Crippen molar-refractivity contribution in [2.75, 3.05) is 39.3 Å². The van der Waals surface area contributed by atoms with Gasteiger partial charge < -0.3 is 9.32 Å². The average molecular weight is 397 g/mol. The summed E-state index contributed by atoms with van der Waals surface area (Å²) in [4.78, 5) is 19.8. The largest absolute Gasteiger partial charge is 0.465 e. The molecule has 4 rings (SSSR count). The van der Waals surface area contributed by atoms with E-state index in [1.54, 1.807) is 0 Å². The second-order valence-electron chi connectivity index (χ2n) is 7.90. The second-order valence-corrected chi connectivity index (χ2v) is 7.90. The molecule has 2 aliphatic heterocycles. The Morgan fingerprint density at radius 2 is 1.86 bits per heavy atom. The number of fused-ring (bicyclic) bond motifs is 1. The number of nitrogens with zero attached hydrogens (tertiary/aromatic N) is 3. The lowest BCUT2D eigenvalue weighted by Crippen LogP contribution is -2.48. The highest BCUT2D eigenvalue weighted by Gasteiger charge is 2.31. The molecule has 0 saturated carbocycles. The first-order valence-corrected chi connectivity index (χ1v) is 10.3. The van der Waals surface area contributed by atoms with Crippen molar-refractivity contribution >= 4 is 5.91 Å². The first-order valence-electron chi connectivity index (χ1n) is 10.3. The van der Waals surface area contributed by atoms with E-state index >= 15 is 0 Å². The normalized spacial score (nSPS) is 17.9. The maximum Gasteiger partial charge on any atom is 0.257 e. The predicted octanol–water partition coefficient (Wildman–Crippen LogP) is 3.23. The van der Waals surface area contributed by atoms with Crippen molar-refractivity contribution in [1.29, 1.82) is 0 Å². The molecule has 0 bridgehead atoms. The lowest BCUT2D eigenvalue weighted by Gasteiger charge is -2.34. The van der Waals surface area contributed by atoms with E-state index in [-0.39, 0.29) is 11.7 Å². The van der Waals surface area contributed by atoms with Crippen LogP contribution in [0, 0.1) is 12.7 Å². The summed E-state index contributed by atoms with van der Waals surface area (Å²) in [5.74, 6) is 1.51. The second kappa shape index (κ2) is 8.51. The van der Waals surface area contributed by atoms with Crippen LogP contribution >= 0.6 is 0 Å². The van der Waals surface area contributed by atoms with Gasteiger partial charge in [0.25, 0.3) is 5.91 Å². The van der Waals surface area contributed by atoms with Crippen molar-refractivity contribution in [3.63, 3.8) is 0 Å². The molecule has 0 N–H and O–H groups in total. The smallest absolute Gasteiger partial charge is 0.257 e. The standard InChI is InChI=1S/C23H28FN3O2/c1-3-9-25-11-13-27(14-12-25)23(28)22-17(2)29-21-8-10-26(16-20(21)22)15-18-4-6-19(24)7-5-18/h3-7H,1,8-16H2,2H3. The SMILES string of the molecule is C=CCN1CCN(C(=O)c2c(C)oc3c2CN(Cc2ccc(F)cc2)CC3)CC1. The minimum Gasteiger partial charge on any atom is -0.465 e. The van der Waals surface area contributed by atoms with E-state index in [9.17, 15) is 9.18 Å². The van der Waals surface area contributed by atoms with Gasteiger partial charge in [0.15, 0.2) is 0 Å². The van der Waals surface area contributed by atoms with Crippen molar-refractivity contribution in [1.82, 2.24) is 14.7 Å². The summed E-state index contributed by atoms with van der Waals surface area (Å²) in [6.45, 7) is 12.0. The van der Waals surface area contributed by atoms with Gasteiger partial charge in [-0.05, 0) is 24.6 Å². The van der Waals surface area contributed by atoms with Crippen LogP contribution in [-0.4, -0.2) is 59.9 Å². The lowest BCUT2D eigenvalue weighted by molar-refractivity contribution is 0.0646. The van der Waals surface area contributed by atoms with Gasteiger partial charge in [0.2, 0.25) is 0 Å². The molecule has 1 saturated heterocycles. The number of amides is 1. The molecule has 2 aromatic rings. The molecule has 6 heteroatoms. The third-order valence-corrected chi connectivity index (χ3v) is 5.88. The van der Waals surface area contributed by atoms with Crippen molar-refractivity contribution in [3.05, 3.63) is 70.9 Å². The summed E-state index contributed by atoms with van der Waals surface area (Å²) >= 11 is 0. The van der Waals surface area contributed by atoms with E-state index in [1.165, 1.54) is 12.1 Å². The third-order valence-electron chi connectivity index (χ3n) is 5.88. The summed E-state index contributed by atoms with van der Waals surface area (Å²) in [5, 5.41) is 0. The zero-order valence-corrected chi connectivity index (χ0v) is 17.0. The number of aryl methyl sites for hydroxylation is 1. The third kappa shape index (κ3) is 4.28. The topological polar surface area (TPSA) is 39.9 Å². The molecule has 1 aromatic heterocycles. The van der Waals surface area contributed by atoms with Crippen LogP contribution < -0.4 is 0 Å². The van der Waals surface area contributed by atoms with Crippen LogP contribution in [0.4, 0.5) is 4.39 Å². The Morgan fingerprint density at radius 3 is 2.55 bits per heavy atom. The Labute approximate surface area is 171 Å². The van der Waals surface area contributed by atoms with Crippen molar-refractivity contribution in [3.8, 4) is 0 Å². The van der Waals surface area contributed by atoms with Crippen LogP contribution in [-0.2, 0) is 19.5 Å². The molecular formula is C23H28FN3O2. The van der Waals surface area contributed by atoms with E-state index in [0.717, 1.165) is 80.4 Å². The molecule has 1 amide bonds. The van der Waals surface area contributed by atoms with E-state index in [0.29, 0.717) is 6.54 Å². The molecule has 0 aliphatic carbocycles. The van der Waals surface area contributed by atoms with Gasteiger partial charge in [0.05, 0.1) is 5.56 Å². The minimum absolute atomic E-state index is 0.0781. The Hall–Kier alpha value is -2.44. The van der Waals surface area contributed by atoms with Crippen molar-refractivity contribution in [2.24, 2.45) is 0 Å². The van der Waals surface area contributed by atoms with Gasteiger partial charge in [-0.1, -0.05) is 18.2 Å². The number of halogens is 1. The number of hydrogen-bond donors (Lipinski definition) is 0. The zero-order chi connectivity index (χ0) is 20.4. The molecule has 1 fully saturated rings. The highest BCUT2D eigenvalue weighted by atomic mass is 19.1. The highest BCUT2D eigenvalue weighted by Crippen LogP contribution is 2.30. The van der Waals surface area contributed by atoms with Gasteiger partial charge >= 0.3 is 0 Å². The van der Waals surface area contributed by atoms with Crippen LogP contribution in [0.15, 0.2) is 41.3 Å². The number of benzene rings is 1. The number of carbonyl (C=O) groups excluding carboxylic acids is 1. The van der Waals surface area contributed by atoms with Crippen molar-refractivity contribution < 1.29 is 13.6 Å². The number of rotatable bonds is 5. The summed E-state index contributed by atoms with van der Waals surface area (Å²) < 4.78 is 19.2.